The number of nitrogens with zero attached hydrogens (tertiary/aromatic N) is 1. The molecule has 1 saturated heterocycles. The van der Waals surface area contributed by atoms with Crippen LogP contribution in [-0.2, 0) is 23.4 Å². The fraction of sp³-hybridized carbons (Fsp3) is 0.435. The van der Waals surface area contributed by atoms with Crippen molar-refractivity contribution in [1.29, 1.82) is 5.26 Å². The predicted molar refractivity (Wildman–Crippen MR) is 108 cm³/mol. The van der Waals surface area contributed by atoms with Crippen LogP contribution in [0.4, 0.5) is 0 Å². The Morgan fingerprint density at radius 3 is 2.27 bits per heavy atom. The lowest BCUT2D eigenvalue weighted by molar-refractivity contribution is -0.357. The number of aliphatic hydroxyl groups excluding tert-OH is 4. The SMILES string of the molecule is CCc1ccc(Cc2cc([C@]3(O)O[C@H](CO)[C@@H](O)[C@H](O)[C@H]3O)c(C#N)cc2C)cc1. The molecule has 7 nitrogen and oxygen atoms in total. The topological polar surface area (TPSA) is 134 Å². The van der Waals surface area contributed by atoms with Gasteiger partial charge < -0.3 is 30.3 Å². The molecule has 0 aliphatic carbocycles. The molecular formula is C23H27NO6. The average Bonchev–Trinajstić information content (AvgIpc) is 2.76. The van der Waals surface area contributed by atoms with Crippen molar-refractivity contribution in [1.82, 2.24) is 0 Å². The number of aryl methyl sites for hydroxylation is 2. The minimum atomic E-state index is -2.47. The van der Waals surface area contributed by atoms with E-state index in [4.69, 9.17) is 4.74 Å². The molecule has 3 rings (SSSR count). The second-order valence-electron chi connectivity index (χ2n) is 7.74. The number of ether oxygens (including phenoxy) is 1. The van der Waals surface area contributed by atoms with E-state index in [2.05, 4.69) is 6.92 Å². The van der Waals surface area contributed by atoms with Gasteiger partial charge in [-0.05, 0) is 54.2 Å². The van der Waals surface area contributed by atoms with Gasteiger partial charge in [0, 0.05) is 5.56 Å². The molecule has 30 heavy (non-hydrogen) atoms. The summed E-state index contributed by atoms with van der Waals surface area (Å²) >= 11 is 0. The smallest absolute Gasteiger partial charge is 0.223 e. The summed E-state index contributed by atoms with van der Waals surface area (Å²) in [5.74, 6) is -2.47. The van der Waals surface area contributed by atoms with Crippen LogP contribution in [0, 0.1) is 18.3 Å². The van der Waals surface area contributed by atoms with Gasteiger partial charge in [0.25, 0.3) is 0 Å². The van der Waals surface area contributed by atoms with E-state index in [1.54, 1.807) is 12.1 Å². The van der Waals surface area contributed by atoms with E-state index in [-0.39, 0.29) is 11.1 Å². The molecule has 5 atom stereocenters. The Morgan fingerprint density at radius 1 is 1.07 bits per heavy atom. The Labute approximate surface area is 175 Å². The van der Waals surface area contributed by atoms with Gasteiger partial charge in [-0.3, -0.25) is 0 Å². The molecule has 1 aliphatic rings. The first-order chi connectivity index (χ1) is 14.2. The summed E-state index contributed by atoms with van der Waals surface area (Å²) in [6.07, 6.45) is -5.14. The molecule has 5 N–H and O–H groups in total. The lowest BCUT2D eigenvalue weighted by atomic mass is 9.84. The first-order valence-corrected chi connectivity index (χ1v) is 9.92. The normalized spacial score (nSPS) is 28.9. The Kier molecular flexibility index (Phi) is 6.58. The fourth-order valence-electron chi connectivity index (χ4n) is 3.82. The van der Waals surface area contributed by atoms with Gasteiger partial charge >= 0.3 is 0 Å². The summed E-state index contributed by atoms with van der Waals surface area (Å²) in [5, 5.41) is 60.9. The van der Waals surface area contributed by atoms with Crippen molar-refractivity contribution in [3.63, 3.8) is 0 Å². The van der Waals surface area contributed by atoms with Crippen LogP contribution in [0.2, 0.25) is 0 Å². The van der Waals surface area contributed by atoms with Crippen LogP contribution in [0.1, 0.15) is 40.3 Å². The molecule has 0 unspecified atom stereocenters. The van der Waals surface area contributed by atoms with Crippen molar-refractivity contribution in [3.8, 4) is 6.07 Å². The van der Waals surface area contributed by atoms with Crippen molar-refractivity contribution >= 4 is 0 Å². The average molecular weight is 413 g/mol. The van der Waals surface area contributed by atoms with E-state index in [0.29, 0.717) is 6.42 Å². The number of hydrogen-bond donors (Lipinski definition) is 5. The van der Waals surface area contributed by atoms with E-state index in [1.165, 1.54) is 5.56 Å². The van der Waals surface area contributed by atoms with Crippen molar-refractivity contribution in [2.24, 2.45) is 0 Å². The zero-order valence-corrected chi connectivity index (χ0v) is 17.0. The third-order valence-electron chi connectivity index (χ3n) is 5.77. The van der Waals surface area contributed by atoms with E-state index in [0.717, 1.165) is 23.1 Å². The standard InChI is InChI=1S/C23H27NO6/c1-3-14-4-6-15(7-5-14)9-16-10-18(17(11-24)8-13(16)2)23(29)22(28)21(27)20(26)19(12-25)30-23/h4-8,10,19-22,25-29H,3,9,12H2,1-2H3/t19-,20-,21+,22-,23+/m1/s1. The molecule has 160 valence electrons. The quantitative estimate of drug-likeness (QED) is 0.486. The maximum Gasteiger partial charge on any atom is 0.223 e. The minimum absolute atomic E-state index is 0.0207. The third-order valence-corrected chi connectivity index (χ3v) is 5.77. The summed E-state index contributed by atoms with van der Waals surface area (Å²) in [7, 11) is 0. The van der Waals surface area contributed by atoms with E-state index < -0.39 is 36.8 Å². The highest BCUT2D eigenvalue weighted by molar-refractivity contribution is 5.48. The van der Waals surface area contributed by atoms with Gasteiger partial charge in [0.1, 0.15) is 24.4 Å². The summed E-state index contributed by atoms with van der Waals surface area (Å²) in [4.78, 5) is 0. The van der Waals surface area contributed by atoms with Gasteiger partial charge in [-0.1, -0.05) is 31.2 Å². The van der Waals surface area contributed by atoms with Crippen LogP contribution in [-0.4, -0.2) is 56.6 Å². The number of nitriles is 1. The maximum atomic E-state index is 11.2. The summed E-state index contributed by atoms with van der Waals surface area (Å²) in [6.45, 7) is 3.24. The highest BCUT2D eigenvalue weighted by Crippen LogP contribution is 2.39. The molecule has 0 radical (unpaired) electrons. The van der Waals surface area contributed by atoms with Crippen LogP contribution in [0.25, 0.3) is 0 Å². The Bertz CT molecular complexity index is 936. The zero-order valence-electron chi connectivity index (χ0n) is 17.0. The fourth-order valence-corrected chi connectivity index (χ4v) is 3.82. The second-order valence-corrected chi connectivity index (χ2v) is 7.74. The molecule has 1 heterocycles. The van der Waals surface area contributed by atoms with Gasteiger partial charge in [0.05, 0.1) is 18.2 Å². The van der Waals surface area contributed by atoms with Gasteiger partial charge in [0.2, 0.25) is 5.79 Å². The number of aliphatic hydroxyl groups is 5. The molecule has 0 spiro atoms. The highest BCUT2D eigenvalue weighted by atomic mass is 16.7. The van der Waals surface area contributed by atoms with Crippen LogP contribution < -0.4 is 0 Å². The van der Waals surface area contributed by atoms with E-state index in [1.807, 2.05) is 37.3 Å². The van der Waals surface area contributed by atoms with Crippen LogP contribution in [0.15, 0.2) is 36.4 Å². The van der Waals surface area contributed by atoms with Gasteiger partial charge in [0.15, 0.2) is 0 Å². The van der Waals surface area contributed by atoms with Crippen molar-refractivity contribution in [3.05, 3.63) is 69.8 Å². The lowest BCUT2D eigenvalue weighted by Crippen LogP contribution is -2.63. The Morgan fingerprint density at radius 2 is 1.70 bits per heavy atom. The van der Waals surface area contributed by atoms with Gasteiger partial charge in [-0.2, -0.15) is 5.26 Å². The molecule has 0 aromatic heterocycles. The molecule has 0 saturated carbocycles. The minimum Gasteiger partial charge on any atom is -0.394 e. The molecule has 1 aliphatic heterocycles. The van der Waals surface area contributed by atoms with Gasteiger partial charge in [-0.25, -0.2) is 0 Å². The maximum absolute atomic E-state index is 11.2. The summed E-state index contributed by atoms with van der Waals surface area (Å²) in [6, 6.07) is 13.3. The monoisotopic (exact) mass is 413 g/mol. The molecule has 2 aromatic rings. The molecule has 0 amide bonds. The first kappa shape index (κ1) is 22.4. The lowest BCUT2D eigenvalue weighted by Gasteiger charge is -2.45. The predicted octanol–water partition coefficient (Wildman–Crippen LogP) is 0.639. The van der Waals surface area contributed by atoms with Crippen LogP contribution in [0.5, 0.6) is 0 Å². The van der Waals surface area contributed by atoms with Crippen molar-refractivity contribution in [2.75, 3.05) is 6.61 Å². The third kappa shape index (κ3) is 3.98. The largest absolute Gasteiger partial charge is 0.394 e. The Balaban J connectivity index is 2.05. The highest BCUT2D eigenvalue weighted by Gasteiger charge is 2.54. The zero-order chi connectivity index (χ0) is 22.1. The van der Waals surface area contributed by atoms with Crippen LogP contribution in [0.3, 0.4) is 0 Å². The van der Waals surface area contributed by atoms with E-state index in [9.17, 15) is 30.8 Å². The van der Waals surface area contributed by atoms with Gasteiger partial charge in [-0.15, -0.1) is 0 Å². The molecule has 2 aromatic carbocycles. The first-order valence-electron chi connectivity index (χ1n) is 9.92. The number of hydrogen-bond acceptors (Lipinski definition) is 7. The van der Waals surface area contributed by atoms with E-state index >= 15 is 0 Å². The molecular weight excluding hydrogens is 386 g/mol. The molecule has 7 heteroatoms. The molecule has 1 fully saturated rings. The summed E-state index contributed by atoms with van der Waals surface area (Å²) < 4.78 is 5.42. The molecule has 0 bridgehead atoms. The number of rotatable bonds is 5. The van der Waals surface area contributed by atoms with Crippen molar-refractivity contribution < 1.29 is 30.3 Å². The Hall–Kier alpha value is -2.31. The van der Waals surface area contributed by atoms with Crippen LogP contribution >= 0.6 is 0 Å². The second kappa shape index (κ2) is 8.82. The number of benzene rings is 2. The summed E-state index contributed by atoms with van der Waals surface area (Å²) in [5.41, 5.74) is 3.92. The van der Waals surface area contributed by atoms with Crippen molar-refractivity contribution in [2.45, 2.75) is 56.9 Å².